The Bertz CT molecular complexity index is 1230. The van der Waals surface area contributed by atoms with Crippen LogP contribution in [0.3, 0.4) is 0 Å². The summed E-state index contributed by atoms with van der Waals surface area (Å²) in [7, 11) is 0. The van der Waals surface area contributed by atoms with Crippen molar-refractivity contribution in [2.75, 3.05) is 17.0 Å². The molecule has 3 aromatic rings. The third-order valence-electron chi connectivity index (χ3n) is 5.25. The van der Waals surface area contributed by atoms with Crippen LogP contribution in [0.4, 0.5) is 11.4 Å². The van der Waals surface area contributed by atoms with E-state index in [1.807, 2.05) is 62.4 Å². The molecule has 2 amide bonds. The molecule has 0 fully saturated rings. The van der Waals surface area contributed by atoms with Crippen LogP contribution in [0.1, 0.15) is 16.7 Å². The summed E-state index contributed by atoms with van der Waals surface area (Å²) >= 11 is 0. The first-order valence-corrected chi connectivity index (χ1v) is 9.95. The lowest BCUT2D eigenvalue weighted by molar-refractivity contribution is -0.120. The zero-order valence-electron chi connectivity index (χ0n) is 17.1. The van der Waals surface area contributed by atoms with Crippen molar-refractivity contribution in [1.29, 1.82) is 0 Å². The number of amides is 2. The van der Waals surface area contributed by atoms with Gasteiger partial charge in [0, 0.05) is 11.8 Å². The van der Waals surface area contributed by atoms with Gasteiger partial charge in [0.1, 0.15) is 5.70 Å². The number of nitrogens with zero attached hydrogens (tertiary/aromatic N) is 1. The molecular formula is C25H20N2O4. The lowest BCUT2D eigenvalue weighted by atomic mass is 10.0. The van der Waals surface area contributed by atoms with E-state index in [-0.39, 0.29) is 18.4 Å². The van der Waals surface area contributed by atoms with Gasteiger partial charge in [0.15, 0.2) is 11.5 Å². The number of carbonyl (C=O) groups is 2. The molecular weight excluding hydrogens is 392 g/mol. The highest BCUT2D eigenvalue weighted by molar-refractivity contribution is 6.46. The predicted octanol–water partition coefficient (Wildman–Crippen LogP) is 4.43. The molecule has 0 radical (unpaired) electrons. The zero-order chi connectivity index (χ0) is 21.5. The molecule has 154 valence electrons. The molecule has 31 heavy (non-hydrogen) atoms. The first kappa shape index (κ1) is 18.9. The molecule has 6 nitrogen and oxygen atoms in total. The van der Waals surface area contributed by atoms with E-state index >= 15 is 0 Å². The summed E-state index contributed by atoms with van der Waals surface area (Å²) in [6.45, 7) is 4.05. The molecule has 0 unspecified atom stereocenters. The molecule has 0 saturated carbocycles. The quantitative estimate of drug-likeness (QED) is 0.642. The molecule has 2 aliphatic heterocycles. The van der Waals surface area contributed by atoms with Crippen LogP contribution >= 0.6 is 0 Å². The Kier molecular flexibility index (Phi) is 4.47. The topological polar surface area (TPSA) is 67.9 Å². The van der Waals surface area contributed by atoms with Crippen molar-refractivity contribution in [3.8, 4) is 11.5 Å². The summed E-state index contributed by atoms with van der Waals surface area (Å²) in [6.07, 6.45) is 0. The Hall–Kier alpha value is -4.06. The summed E-state index contributed by atoms with van der Waals surface area (Å²) in [6, 6.07) is 20.2. The van der Waals surface area contributed by atoms with Gasteiger partial charge in [-0.05, 0) is 54.8 Å². The second kappa shape index (κ2) is 7.32. The molecule has 0 aromatic heterocycles. The second-order valence-corrected chi connectivity index (χ2v) is 7.60. The highest BCUT2D eigenvalue weighted by atomic mass is 16.7. The second-order valence-electron chi connectivity index (χ2n) is 7.60. The number of rotatable bonds is 4. The number of hydrogen-bond donors (Lipinski definition) is 1. The first-order chi connectivity index (χ1) is 15.0. The number of hydrogen-bond acceptors (Lipinski definition) is 5. The number of ether oxygens (including phenoxy) is 2. The zero-order valence-corrected chi connectivity index (χ0v) is 17.1. The van der Waals surface area contributed by atoms with E-state index in [0.29, 0.717) is 34.0 Å². The van der Waals surface area contributed by atoms with Crippen molar-refractivity contribution >= 4 is 28.8 Å². The SMILES string of the molecule is Cc1cc(C)cc(N2C(=O)C(Nc3ccc4c(c3)OCO4)=C(c3ccccc3)C2=O)c1. The van der Waals surface area contributed by atoms with Crippen LogP contribution in [0, 0.1) is 13.8 Å². The number of anilines is 2. The Labute approximate surface area is 179 Å². The molecule has 0 atom stereocenters. The molecule has 2 aliphatic rings. The van der Waals surface area contributed by atoms with Crippen LogP contribution in [0.5, 0.6) is 11.5 Å². The van der Waals surface area contributed by atoms with E-state index in [0.717, 1.165) is 11.1 Å². The molecule has 0 aliphatic carbocycles. The number of aryl methyl sites for hydroxylation is 2. The lowest BCUT2D eigenvalue weighted by Crippen LogP contribution is -2.32. The molecule has 5 rings (SSSR count). The number of benzene rings is 3. The standard InChI is InChI=1S/C25H20N2O4/c1-15-10-16(2)12-19(11-15)27-24(28)22(17-6-4-3-5-7-17)23(25(27)29)26-18-8-9-20-21(13-18)31-14-30-20/h3-13,26H,14H2,1-2H3. The fourth-order valence-electron chi connectivity index (χ4n) is 3.95. The van der Waals surface area contributed by atoms with Crippen LogP contribution in [0.15, 0.2) is 72.4 Å². The van der Waals surface area contributed by atoms with Gasteiger partial charge in [0.25, 0.3) is 11.8 Å². The molecule has 0 bridgehead atoms. The normalized spacial score (nSPS) is 15.1. The summed E-state index contributed by atoms with van der Waals surface area (Å²) < 4.78 is 10.8. The Morgan fingerprint density at radius 1 is 0.806 bits per heavy atom. The minimum absolute atomic E-state index is 0.161. The highest BCUT2D eigenvalue weighted by Crippen LogP contribution is 2.37. The third kappa shape index (κ3) is 3.32. The van der Waals surface area contributed by atoms with E-state index in [2.05, 4.69) is 5.32 Å². The molecule has 0 saturated heterocycles. The van der Waals surface area contributed by atoms with Crippen LogP contribution < -0.4 is 19.7 Å². The Balaban J connectivity index is 1.60. The van der Waals surface area contributed by atoms with Gasteiger partial charge in [-0.3, -0.25) is 9.59 Å². The summed E-state index contributed by atoms with van der Waals surface area (Å²) in [5.74, 6) is 0.485. The van der Waals surface area contributed by atoms with Crippen LogP contribution in [-0.4, -0.2) is 18.6 Å². The van der Waals surface area contributed by atoms with E-state index in [9.17, 15) is 9.59 Å². The van der Waals surface area contributed by atoms with Crippen LogP contribution in [-0.2, 0) is 9.59 Å². The van der Waals surface area contributed by atoms with Gasteiger partial charge in [0.2, 0.25) is 6.79 Å². The lowest BCUT2D eigenvalue weighted by Gasteiger charge is -2.17. The largest absolute Gasteiger partial charge is 0.454 e. The maximum atomic E-state index is 13.5. The van der Waals surface area contributed by atoms with Gasteiger partial charge < -0.3 is 14.8 Å². The number of imide groups is 1. The van der Waals surface area contributed by atoms with Gasteiger partial charge in [0.05, 0.1) is 11.3 Å². The molecule has 1 N–H and O–H groups in total. The van der Waals surface area contributed by atoms with Crippen molar-refractivity contribution in [2.45, 2.75) is 13.8 Å². The average Bonchev–Trinajstić information content (AvgIpc) is 3.30. The fourth-order valence-corrected chi connectivity index (χ4v) is 3.95. The van der Waals surface area contributed by atoms with Gasteiger partial charge in [-0.1, -0.05) is 36.4 Å². The van der Waals surface area contributed by atoms with Crippen molar-refractivity contribution < 1.29 is 19.1 Å². The van der Waals surface area contributed by atoms with Crippen molar-refractivity contribution in [3.63, 3.8) is 0 Å². The number of fused-ring (bicyclic) bond motifs is 1. The first-order valence-electron chi connectivity index (χ1n) is 9.95. The molecule has 2 heterocycles. The predicted molar refractivity (Wildman–Crippen MR) is 118 cm³/mol. The maximum absolute atomic E-state index is 13.5. The molecule has 3 aromatic carbocycles. The van der Waals surface area contributed by atoms with Gasteiger partial charge in [-0.2, -0.15) is 0 Å². The van der Waals surface area contributed by atoms with Crippen molar-refractivity contribution in [3.05, 3.63) is 89.1 Å². The number of carbonyl (C=O) groups excluding carboxylic acids is 2. The number of nitrogens with one attached hydrogen (secondary N) is 1. The molecule has 0 spiro atoms. The van der Waals surface area contributed by atoms with Gasteiger partial charge in [-0.15, -0.1) is 0 Å². The average molecular weight is 412 g/mol. The highest BCUT2D eigenvalue weighted by Gasteiger charge is 2.40. The van der Waals surface area contributed by atoms with Crippen molar-refractivity contribution in [1.82, 2.24) is 0 Å². The van der Waals surface area contributed by atoms with Gasteiger partial charge >= 0.3 is 0 Å². The van der Waals surface area contributed by atoms with E-state index in [4.69, 9.17) is 9.47 Å². The minimum atomic E-state index is -0.397. The van der Waals surface area contributed by atoms with E-state index < -0.39 is 5.91 Å². The smallest absolute Gasteiger partial charge is 0.282 e. The summed E-state index contributed by atoms with van der Waals surface area (Å²) in [5.41, 5.74) is 4.40. The van der Waals surface area contributed by atoms with Crippen LogP contribution in [0.2, 0.25) is 0 Å². The van der Waals surface area contributed by atoms with E-state index in [1.165, 1.54) is 4.90 Å². The Morgan fingerprint density at radius 2 is 1.52 bits per heavy atom. The summed E-state index contributed by atoms with van der Waals surface area (Å²) in [4.78, 5) is 28.2. The van der Waals surface area contributed by atoms with Gasteiger partial charge in [-0.25, -0.2) is 4.90 Å². The monoisotopic (exact) mass is 412 g/mol. The van der Waals surface area contributed by atoms with Crippen molar-refractivity contribution in [2.24, 2.45) is 0 Å². The van der Waals surface area contributed by atoms with Crippen LogP contribution in [0.25, 0.3) is 5.57 Å². The maximum Gasteiger partial charge on any atom is 0.282 e. The Morgan fingerprint density at radius 3 is 2.26 bits per heavy atom. The van der Waals surface area contributed by atoms with E-state index in [1.54, 1.807) is 18.2 Å². The third-order valence-corrected chi connectivity index (χ3v) is 5.25. The fraction of sp³-hybridized carbons (Fsp3) is 0.120. The molecule has 6 heteroatoms. The minimum Gasteiger partial charge on any atom is -0.454 e. The summed E-state index contributed by atoms with van der Waals surface area (Å²) in [5, 5.41) is 3.16.